The average molecular weight is 316 g/mol. The molecule has 4 nitrogen and oxygen atoms in total. The van der Waals surface area contributed by atoms with Gasteiger partial charge in [0.05, 0.1) is 0 Å². The highest BCUT2D eigenvalue weighted by Gasteiger charge is 2.02. The molecule has 2 aromatic rings. The van der Waals surface area contributed by atoms with Gasteiger partial charge in [0.25, 0.3) is 0 Å². The van der Waals surface area contributed by atoms with Crippen molar-refractivity contribution < 1.29 is 20.4 Å². The molecule has 0 fully saturated rings. The maximum atomic E-state index is 9.43. The first-order valence-corrected chi connectivity index (χ1v) is 8.08. The Kier molecular flexibility index (Phi) is 6.15. The minimum absolute atomic E-state index is 0.0559. The van der Waals surface area contributed by atoms with Gasteiger partial charge in [-0.25, -0.2) is 0 Å². The smallest absolute Gasteiger partial charge is 0.157 e. The van der Waals surface area contributed by atoms with Crippen molar-refractivity contribution in [1.82, 2.24) is 0 Å². The zero-order valence-electron chi connectivity index (χ0n) is 13.2. The lowest BCUT2D eigenvalue weighted by Gasteiger charge is -2.05. The summed E-state index contributed by atoms with van der Waals surface area (Å²) in [6.45, 7) is 0. The molecular weight excluding hydrogens is 292 g/mol. The Hall–Kier alpha value is -2.36. The third-order valence-corrected chi connectivity index (χ3v) is 4.01. The van der Waals surface area contributed by atoms with Crippen LogP contribution in [0.25, 0.3) is 0 Å². The maximum absolute atomic E-state index is 9.43. The minimum Gasteiger partial charge on any atom is -0.504 e. The molecule has 2 rings (SSSR count). The van der Waals surface area contributed by atoms with Crippen molar-refractivity contribution >= 4 is 0 Å². The Morgan fingerprint density at radius 2 is 0.870 bits per heavy atom. The summed E-state index contributed by atoms with van der Waals surface area (Å²) >= 11 is 0. The van der Waals surface area contributed by atoms with Crippen LogP contribution in [0.2, 0.25) is 0 Å². The van der Waals surface area contributed by atoms with Crippen LogP contribution in [0.4, 0.5) is 0 Å². The highest BCUT2D eigenvalue weighted by atomic mass is 16.3. The molecular formula is C19H24O4. The molecule has 23 heavy (non-hydrogen) atoms. The fraction of sp³-hybridized carbons (Fsp3) is 0.368. The molecule has 2 aromatic carbocycles. The van der Waals surface area contributed by atoms with Crippen LogP contribution in [-0.4, -0.2) is 20.4 Å². The van der Waals surface area contributed by atoms with Crippen LogP contribution in [0.1, 0.15) is 43.2 Å². The number of unbranched alkanes of at least 4 members (excludes halogenated alkanes) is 4. The standard InChI is InChI=1S/C19H24O4/c20-16-10-8-14(12-18(16)22)6-4-2-1-3-5-7-15-9-11-17(21)19(23)13-15/h8-13,20-23H,1-7H2. The Morgan fingerprint density at radius 1 is 0.478 bits per heavy atom. The van der Waals surface area contributed by atoms with Gasteiger partial charge in [-0.3, -0.25) is 0 Å². The first-order valence-electron chi connectivity index (χ1n) is 8.08. The van der Waals surface area contributed by atoms with Crippen LogP contribution in [0.5, 0.6) is 23.0 Å². The maximum Gasteiger partial charge on any atom is 0.157 e. The molecule has 0 amide bonds. The number of phenols is 4. The number of hydrogen-bond donors (Lipinski definition) is 4. The molecule has 0 radical (unpaired) electrons. The predicted molar refractivity (Wildman–Crippen MR) is 90.0 cm³/mol. The SMILES string of the molecule is Oc1ccc(CCCCCCCc2ccc(O)c(O)c2)cc1O. The van der Waals surface area contributed by atoms with E-state index in [0.29, 0.717) is 0 Å². The highest BCUT2D eigenvalue weighted by molar-refractivity contribution is 5.41. The van der Waals surface area contributed by atoms with E-state index in [1.807, 2.05) is 12.1 Å². The molecule has 124 valence electrons. The van der Waals surface area contributed by atoms with Crippen molar-refractivity contribution in [1.29, 1.82) is 0 Å². The van der Waals surface area contributed by atoms with E-state index < -0.39 is 0 Å². The molecule has 4 heteroatoms. The van der Waals surface area contributed by atoms with E-state index in [1.165, 1.54) is 12.1 Å². The highest BCUT2D eigenvalue weighted by Crippen LogP contribution is 2.26. The third kappa shape index (κ3) is 5.40. The lowest BCUT2D eigenvalue weighted by molar-refractivity contribution is 0.403. The quantitative estimate of drug-likeness (QED) is 0.433. The van der Waals surface area contributed by atoms with Crippen LogP contribution in [0, 0.1) is 0 Å². The summed E-state index contributed by atoms with van der Waals surface area (Å²) in [7, 11) is 0. The monoisotopic (exact) mass is 316 g/mol. The molecule has 0 unspecified atom stereocenters. The number of phenolic OH excluding ortho intramolecular Hbond substituents is 4. The van der Waals surface area contributed by atoms with Gasteiger partial charge in [-0.1, -0.05) is 31.4 Å². The molecule has 0 aromatic heterocycles. The Balaban J connectivity index is 1.58. The Morgan fingerprint density at radius 3 is 1.26 bits per heavy atom. The van der Waals surface area contributed by atoms with E-state index in [4.69, 9.17) is 0 Å². The molecule has 0 spiro atoms. The van der Waals surface area contributed by atoms with Crippen molar-refractivity contribution in [2.75, 3.05) is 0 Å². The average Bonchev–Trinajstić information content (AvgIpc) is 2.53. The molecule has 0 bridgehead atoms. The van der Waals surface area contributed by atoms with Gasteiger partial charge in [0.15, 0.2) is 23.0 Å². The molecule has 0 aliphatic rings. The van der Waals surface area contributed by atoms with Gasteiger partial charge in [0.2, 0.25) is 0 Å². The van der Waals surface area contributed by atoms with Crippen molar-refractivity contribution in [3.05, 3.63) is 47.5 Å². The van der Waals surface area contributed by atoms with Crippen LogP contribution < -0.4 is 0 Å². The number of aryl methyl sites for hydroxylation is 2. The van der Waals surface area contributed by atoms with E-state index >= 15 is 0 Å². The summed E-state index contributed by atoms with van der Waals surface area (Å²) in [5, 5.41) is 37.4. The van der Waals surface area contributed by atoms with Gasteiger partial charge in [-0.05, 0) is 61.1 Å². The summed E-state index contributed by atoms with van der Waals surface area (Å²) in [5.74, 6) is -0.262. The Bertz CT molecular complexity index is 582. The minimum atomic E-state index is -0.0750. The van der Waals surface area contributed by atoms with Crippen LogP contribution in [0.3, 0.4) is 0 Å². The van der Waals surface area contributed by atoms with Crippen molar-refractivity contribution in [2.45, 2.75) is 44.9 Å². The topological polar surface area (TPSA) is 80.9 Å². The van der Waals surface area contributed by atoms with Gasteiger partial charge in [0.1, 0.15) is 0 Å². The Labute approximate surface area is 136 Å². The van der Waals surface area contributed by atoms with Crippen LogP contribution in [-0.2, 0) is 12.8 Å². The number of benzene rings is 2. The molecule has 0 saturated heterocycles. The lowest BCUT2D eigenvalue weighted by atomic mass is 10.0. The second-order valence-corrected chi connectivity index (χ2v) is 5.91. The fourth-order valence-corrected chi connectivity index (χ4v) is 2.64. The predicted octanol–water partition coefficient (Wildman–Crippen LogP) is 4.24. The third-order valence-electron chi connectivity index (χ3n) is 4.01. The van der Waals surface area contributed by atoms with E-state index in [1.54, 1.807) is 12.1 Å². The van der Waals surface area contributed by atoms with Gasteiger partial charge >= 0.3 is 0 Å². The summed E-state index contributed by atoms with van der Waals surface area (Å²) < 4.78 is 0. The van der Waals surface area contributed by atoms with Gasteiger partial charge in [-0.2, -0.15) is 0 Å². The van der Waals surface area contributed by atoms with E-state index in [9.17, 15) is 20.4 Å². The first kappa shape index (κ1) is 17.0. The first-order chi connectivity index (χ1) is 11.1. The fourth-order valence-electron chi connectivity index (χ4n) is 2.64. The van der Waals surface area contributed by atoms with E-state index in [2.05, 4.69) is 0 Å². The molecule has 0 aliphatic heterocycles. The number of rotatable bonds is 8. The second kappa shape index (κ2) is 8.32. The summed E-state index contributed by atoms with van der Waals surface area (Å²) in [4.78, 5) is 0. The summed E-state index contributed by atoms with van der Waals surface area (Å²) in [5.41, 5.74) is 2.08. The normalized spacial score (nSPS) is 10.8. The van der Waals surface area contributed by atoms with Crippen LogP contribution in [0.15, 0.2) is 36.4 Å². The van der Waals surface area contributed by atoms with Crippen molar-refractivity contribution in [3.8, 4) is 23.0 Å². The van der Waals surface area contributed by atoms with Crippen molar-refractivity contribution in [2.24, 2.45) is 0 Å². The molecule has 0 saturated carbocycles. The largest absolute Gasteiger partial charge is 0.504 e. The number of aromatic hydroxyl groups is 4. The summed E-state index contributed by atoms with van der Waals surface area (Å²) in [6, 6.07) is 9.97. The van der Waals surface area contributed by atoms with E-state index in [0.717, 1.165) is 56.1 Å². The summed E-state index contributed by atoms with van der Waals surface area (Å²) in [6.07, 6.45) is 7.33. The van der Waals surface area contributed by atoms with Gasteiger partial charge in [-0.15, -0.1) is 0 Å². The lowest BCUT2D eigenvalue weighted by Crippen LogP contribution is -1.88. The molecule has 0 heterocycles. The van der Waals surface area contributed by atoms with Gasteiger partial charge < -0.3 is 20.4 Å². The van der Waals surface area contributed by atoms with Gasteiger partial charge in [0, 0.05) is 0 Å². The van der Waals surface area contributed by atoms with E-state index in [-0.39, 0.29) is 23.0 Å². The molecule has 4 N–H and O–H groups in total. The molecule has 0 aliphatic carbocycles. The zero-order chi connectivity index (χ0) is 16.7. The van der Waals surface area contributed by atoms with Crippen LogP contribution >= 0.6 is 0 Å². The number of hydrogen-bond acceptors (Lipinski definition) is 4. The van der Waals surface area contributed by atoms with Crippen molar-refractivity contribution in [3.63, 3.8) is 0 Å². The molecule has 0 atom stereocenters. The second-order valence-electron chi connectivity index (χ2n) is 5.91. The zero-order valence-corrected chi connectivity index (χ0v) is 13.2.